The summed E-state index contributed by atoms with van der Waals surface area (Å²) in [6, 6.07) is 7.96. The highest BCUT2D eigenvalue weighted by Crippen LogP contribution is 2.37. The first kappa shape index (κ1) is 21.6. The molecule has 0 fully saturated rings. The van der Waals surface area contributed by atoms with Crippen molar-refractivity contribution in [2.75, 3.05) is 20.8 Å². The van der Waals surface area contributed by atoms with E-state index in [0.29, 0.717) is 37.9 Å². The number of aromatic nitrogens is 1. The minimum atomic E-state index is -0.797. The lowest BCUT2D eigenvalue weighted by atomic mass is 9.95. The monoisotopic (exact) mass is 454 g/mol. The van der Waals surface area contributed by atoms with Crippen LogP contribution in [-0.4, -0.2) is 31.4 Å². The Kier molecular flexibility index (Phi) is 6.00. The summed E-state index contributed by atoms with van der Waals surface area (Å²) in [6.45, 7) is 3.66. The molecule has 8 nitrogen and oxygen atoms in total. The fourth-order valence-corrected chi connectivity index (χ4v) is 4.67. The van der Waals surface area contributed by atoms with E-state index in [4.69, 9.17) is 18.6 Å². The van der Waals surface area contributed by atoms with Gasteiger partial charge in [-0.1, -0.05) is 11.3 Å². The second-order valence-electron chi connectivity index (χ2n) is 6.93. The van der Waals surface area contributed by atoms with Crippen LogP contribution in [0.3, 0.4) is 0 Å². The van der Waals surface area contributed by atoms with Crippen molar-refractivity contribution in [1.29, 1.82) is 0 Å². The Balaban J connectivity index is 2.03. The SMILES string of the molecule is CCOC(=O)C1=C(C)N=c2s/c(=C\c3ccco3)c(=O)n2[C@@H]1c1cc(OC)ccc1OC. The number of furan rings is 1. The number of esters is 1. The molecule has 0 radical (unpaired) electrons. The maximum atomic E-state index is 13.5. The van der Waals surface area contributed by atoms with Gasteiger partial charge in [-0.05, 0) is 44.2 Å². The third-order valence-corrected chi connectivity index (χ3v) is 6.05. The molecule has 32 heavy (non-hydrogen) atoms. The van der Waals surface area contributed by atoms with E-state index in [-0.39, 0.29) is 17.7 Å². The van der Waals surface area contributed by atoms with E-state index in [1.54, 1.807) is 57.4 Å². The van der Waals surface area contributed by atoms with Crippen LogP contribution in [0.25, 0.3) is 6.08 Å². The molecule has 3 heterocycles. The standard InChI is InChI=1S/C23H22N2O6S/c1-5-30-22(27)19-13(2)24-23-25(21(26)18(32-23)12-15-7-6-10-31-15)20(19)16-11-14(28-3)8-9-17(16)29-4/h6-12,20H,5H2,1-4H3/b18-12-/t20-/m1/s1. The van der Waals surface area contributed by atoms with Crippen LogP contribution in [-0.2, 0) is 9.53 Å². The summed E-state index contributed by atoms with van der Waals surface area (Å²) in [5, 5.41) is 0. The molecule has 0 aliphatic carbocycles. The molecule has 0 amide bonds. The van der Waals surface area contributed by atoms with Gasteiger partial charge in [0.15, 0.2) is 4.80 Å². The van der Waals surface area contributed by atoms with Gasteiger partial charge >= 0.3 is 5.97 Å². The fraction of sp³-hybridized carbons (Fsp3) is 0.261. The maximum Gasteiger partial charge on any atom is 0.338 e. The van der Waals surface area contributed by atoms with Gasteiger partial charge in [-0.3, -0.25) is 9.36 Å². The summed E-state index contributed by atoms with van der Waals surface area (Å²) >= 11 is 1.22. The normalized spacial score (nSPS) is 15.9. The molecule has 0 bridgehead atoms. The van der Waals surface area contributed by atoms with Crippen molar-refractivity contribution in [3.05, 3.63) is 78.9 Å². The van der Waals surface area contributed by atoms with Crippen LogP contribution in [0.4, 0.5) is 0 Å². The molecule has 0 N–H and O–H groups in total. The van der Waals surface area contributed by atoms with Crippen molar-refractivity contribution in [2.45, 2.75) is 19.9 Å². The molecule has 0 saturated carbocycles. The topological polar surface area (TPSA) is 92.3 Å². The number of thiazole rings is 1. The lowest BCUT2D eigenvalue weighted by molar-refractivity contribution is -0.139. The Morgan fingerprint density at radius 3 is 2.75 bits per heavy atom. The minimum Gasteiger partial charge on any atom is -0.497 e. The van der Waals surface area contributed by atoms with E-state index < -0.39 is 12.0 Å². The Morgan fingerprint density at radius 2 is 2.09 bits per heavy atom. The summed E-state index contributed by atoms with van der Waals surface area (Å²) in [7, 11) is 3.08. The number of methoxy groups -OCH3 is 2. The van der Waals surface area contributed by atoms with E-state index in [0.717, 1.165) is 0 Å². The maximum absolute atomic E-state index is 13.5. The summed E-state index contributed by atoms with van der Waals surface area (Å²) in [5.74, 6) is 1.08. The van der Waals surface area contributed by atoms with Crippen molar-refractivity contribution in [1.82, 2.24) is 4.57 Å². The Hall–Kier alpha value is -3.59. The predicted octanol–water partition coefficient (Wildman–Crippen LogP) is 2.41. The highest BCUT2D eigenvalue weighted by molar-refractivity contribution is 7.07. The van der Waals surface area contributed by atoms with Crippen molar-refractivity contribution < 1.29 is 23.4 Å². The van der Waals surface area contributed by atoms with Crippen molar-refractivity contribution >= 4 is 23.4 Å². The first-order valence-electron chi connectivity index (χ1n) is 9.93. The first-order chi connectivity index (χ1) is 15.5. The van der Waals surface area contributed by atoms with Gasteiger partial charge in [-0.2, -0.15) is 0 Å². The van der Waals surface area contributed by atoms with Gasteiger partial charge in [0.1, 0.15) is 23.3 Å². The number of allylic oxidation sites excluding steroid dienone is 1. The van der Waals surface area contributed by atoms with E-state index >= 15 is 0 Å². The number of rotatable bonds is 6. The summed E-state index contributed by atoms with van der Waals surface area (Å²) < 4.78 is 23.6. The number of carbonyl (C=O) groups is 1. The number of ether oxygens (including phenoxy) is 3. The number of benzene rings is 1. The number of carbonyl (C=O) groups excluding carboxylic acids is 1. The van der Waals surface area contributed by atoms with Crippen LogP contribution in [0.5, 0.6) is 11.5 Å². The van der Waals surface area contributed by atoms with Crippen LogP contribution in [0.15, 0.2) is 62.1 Å². The molecule has 166 valence electrons. The Bertz CT molecular complexity index is 1360. The highest BCUT2D eigenvalue weighted by atomic mass is 32.1. The zero-order chi connectivity index (χ0) is 22.8. The number of fused-ring (bicyclic) bond motifs is 1. The number of hydrogen-bond donors (Lipinski definition) is 0. The van der Waals surface area contributed by atoms with Crippen LogP contribution in [0.1, 0.15) is 31.2 Å². The summed E-state index contributed by atoms with van der Waals surface area (Å²) in [6.07, 6.45) is 3.20. The minimum absolute atomic E-state index is 0.195. The van der Waals surface area contributed by atoms with Crippen LogP contribution in [0.2, 0.25) is 0 Å². The molecule has 1 aliphatic heterocycles. The Morgan fingerprint density at radius 1 is 1.28 bits per heavy atom. The van der Waals surface area contributed by atoms with Crippen LogP contribution < -0.4 is 24.4 Å². The lowest BCUT2D eigenvalue weighted by Crippen LogP contribution is -2.40. The summed E-state index contributed by atoms with van der Waals surface area (Å²) in [5.41, 5.74) is 1.05. The average molecular weight is 455 g/mol. The second kappa shape index (κ2) is 8.88. The third-order valence-electron chi connectivity index (χ3n) is 5.07. The fourth-order valence-electron chi connectivity index (χ4n) is 3.64. The number of nitrogens with zero attached hydrogens (tertiary/aromatic N) is 2. The molecule has 1 aromatic carbocycles. The molecule has 3 aromatic rings. The molecular formula is C23H22N2O6S. The zero-order valence-electron chi connectivity index (χ0n) is 18.1. The quantitative estimate of drug-likeness (QED) is 0.531. The molecule has 0 unspecified atom stereocenters. The molecule has 2 aromatic heterocycles. The van der Waals surface area contributed by atoms with Crippen molar-refractivity contribution in [3.8, 4) is 11.5 Å². The van der Waals surface area contributed by atoms with E-state index in [9.17, 15) is 9.59 Å². The molecule has 9 heteroatoms. The summed E-state index contributed by atoms with van der Waals surface area (Å²) in [4.78, 5) is 31.5. The van der Waals surface area contributed by atoms with Crippen molar-refractivity contribution in [3.63, 3.8) is 0 Å². The average Bonchev–Trinajstić information content (AvgIpc) is 3.40. The largest absolute Gasteiger partial charge is 0.497 e. The smallest absolute Gasteiger partial charge is 0.338 e. The van der Waals surface area contributed by atoms with E-state index in [2.05, 4.69) is 4.99 Å². The number of hydrogen-bond acceptors (Lipinski definition) is 8. The van der Waals surface area contributed by atoms with Gasteiger partial charge in [0.25, 0.3) is 5.56 Å². The van der Waals surface area contributed by atoms with Gasteiger partial charge in [-0.25, -0.2) is 9.79 Å². The van der Waals surface area contributed by atoms with E-state index in [1.807, 2.05) is 0 Å². The molecule has 4 rings (SSSR count). The molecule has 1 atom stereocenters. The van der Waals surface area contributed by atoms with Crippen LogP contribution >= 0.6 is 11.3 Å². The van der Waals surface area contributed by atoms with Gasteiger partial charge in [0.2, 0.25) is 0 Å². The van der Waals surface area contributed by atoms with E-state index in [1.165, 1.54) is 29.3 Å². The molecule has 0 saturated heterocycles. The van der Waals surface area contributed by atoms with Crippen molar-refractivity contribution in [2.24, 2.45) is 4.99 Å². The third kappa shape index (κ3) is 3.75. The Labute approximate surface area is 187 Å². The zero-order valence-corrected chi connectivity index (χ0v) is 18.9. The van der Waals surface area contributed by atoms with Gasteiger partial charge in [-0.15, -0.1) is 0 Å². The highest BCUT2D eigenvalue weighted by Gasteiger charge is 2.35. The van der Waals surface area contributed by atoms with Gasteiger partial charge < -0.3 is 18.6 Å². The molecule has 1 aliphatic rings. The molecule has 0 spiro atoms. The van der Waals surface area contributed by atoms with Crippen LogP contribution in [0, 0.1) is 0 Å². The first-order valence-corrected chi connectivity index (χ1v) is 10.7. The predicted molar refractivity (Wildman–Crippen MR) is 119 cm³/mol. The lowest BCUT2D eigenvalue weighted by Gasteiger charge is -2.26. The van der Waals surface area contributed by atoms with Gasteiger partial charge in [0.05, 0.1) is 42.9 Å². The molecular weight excluding hydrogens is 432 g/mol. The van der Waals surface area contributed by atoms with Gasteiger partial charge in [0, 0.05) is 11.6 Å². The second-order valence-corrected chi connectivity index (χ2v) is 7.93.